The van der Waals surface area contributed by atoms with Gasteiger partial charge in [-0.3, -0.25) is 0 Å². The molecule has 0 radical (unpaired) electrons. The lowest BCUT2D eigenvalue weighted by Gasteiger charge is -2.21. The highest BCUT2D eigenvalue weighted by atomic mass is 32.2. The zero-order valence-electron chi connectivity index (χ0n) is 11.0. The van der Waals surface area contributed by atoms with Gasteiger partial charge in [-0.1, -0.05) is 25.5 Å². The quantitative estimate of drug-likeness (QED) is 0.805. The Morgan fingerprint density at radius 2 is 1.95 bits per heavy atom. The van der Waals surface area contributed by atoms with Crippen LogP contribution in [0.2, 0.25) is 0 Å². The van der Waals surface area contributed by atoms with Gasteiger partial charge in [0.25, 0.3) is 0 Å². The summed E-state index contributed by atoms with van der Waals surface area (Å²) >= 11 is 0. The van der Waals surface area contributed by atoms with E-state index >= 15 is 0 Å². The fourth-order valence-electron chi connectivity index (χ4n) is 1.69. The molecule has 0 fully saturated rings. The summed E-state index contributed by atoms with van der Waals surface area (Å²) in [5, 5.41) is 8.99. The fourth-order valence-corrected chi connectivity index (χ4v) is 3.05. The minimum atomic E-state index is -3.57. The molecule has 1 aromatic rings. The van der Waals surface area contributed by atoms with Crippen LogP contribution in [0.3, 0.4) is 0 Å². The lowest BCUT2D eigenvalue weighted by Crippen LogP contribution is -2.36. The minimum absolute atomic E-state index is 0.230. The van der Waals surface area contributed by atoms with Gasteiger partial charge >= 0.3 is 0 Å². The molecule has 0 bridgehead atoms. The summed E-state index contributed by atoms with van der Waals surface area (Å²) in [4.78, 5) is 0. The molecule has 19 heavy (non-hydrogen) atoms. The molecule has 0 aliphatic carbocycles. The SMILES string of the molecule is CCC[C@H](C#N)N(C)S(=O)(=O)Cc1ccc(F)cc1. The predicted molar refractivity (Wildman–Crippen MR) is 71.1 cm³/mol. The number of halogens is 1. The Hall–Kier alpha value is -1.45. The van der Waals surface area contributed by atoms with Gasteiger partial charge in [-0.25, -0.2) is 12.8 Å². The molecular weight excluding hydrogens is 267 g/mol. The number of benzene rings is 1. The minimum Gasteiger partial charge on any atom is -0.212 e. The maximum absolute atomic E-state index is 12.8. The molecule has 0 aromatic heterocycles. The van der Waals surface area contributed by atoms with E-state index in [2.05, 4.69) is 0 Å². The summed E-state index contributed by atoms with van der Waals surface area (Å²) in [5.41, 5.74) is 0.501. The third-order valence-corrected chi connectivity index (χ3v) is 4.68. The van der Waals surface area contributed by atoms with Crippen molar-refractivity contribution in [2.45, 2.75) is 31.6 Å². The van der Waals surface area contributed by atoms with Crippen LogP contribution >= 0.6 is 0 Å². The molecule has 0 heterocycles. The summed E-state index contributed by atoms with van der Waals surface area (Å²) in [7, 11) is -2.17. The van der Waals surface area contributed by atoms with Gasteiger partial charge in [0, 0.05) is 7.05 Å². The summed E-state index contributed by atoms with van der Waals surface area (Å²) < 4.78 is 38.1. The molecule has 1 rings (SSSR count). The molecule has 1 atom stereocenters. The summed E-state index contributed by atoms with van der Waals surface area (Å²) in [6, 6.07) is 6.64. The topological polar surface area (TPSA) is 61.2 Å². The Morgan fingerprint density at radius 3 is 2.42 bits per heavy atom. The van der Waals surface area contributed by atoms with Crippen molar-refractivity contribution >= 4 is 10.0 Å². The lowest BCUT2D eigenvalue weighted by molar-refractivity contribution is 0.403. The van der Waals surface area contributed by atoms with Crippen LogP contribution in [-0.4, -0.2) is 25.8 Å². The zero-order valence-corrected chi connectivity index (χ0v) is 11.8. The van der Waals surface area contributed by atoms with Crippen molar-refractivity contribution in [3.8, 4) is 6.07 Å². The zero-order chi connectivity index (χ0) is 14.5. The van der Waals surface area contributed by atoms with Gasteiger partial charge in [0.2, 0.25) is 10.0 Å². The van der Waals surface area contributed by atoms with Crippen molar-refractivity contribution in [3.05, 3.63) is 35.6 Å². The number of rotatable bonds is 6. The molecule has 0 amide bonds. The number of hydrogen-bond donors (Lipinski definition) is 0. The van der Waals surface area contributed by atoms with Crippen molar-refractivity contribution in [2.75, 3.05) is 7.05 Å². The monoisotopic (exact) mass is 284 g/mol. The van der Waals surface area contributed by atoms with Gasteiger partial charge < -0.3 is 0 Å². The number of nitrogens with zero attached hydrogens (tertiary/aromatic N) is 2. The summed E-state index contributed by atoms with van der Waals surface area (Å²) in [5.74, 6) is -0.638. The van der Waals surface area contributed by atoms with E-state index in [0.717, 1.165) is 10.7 Å². The Bertz CT molecular complexity index is 549. The molecule has 6 heteroatoms. The van der Waals surface area contributed by atoms with Crippen molar-refractivity contribution in [2.24, 2.45) is 0 Å². The number of sulfonamides is 1. The maximum Gasteiger partial charge on any atom is 0.219 e. The first-order valence-corrected chi connectivity index (χ1v) is 7.61. The molecular formula is C13H17FN2O2S. The van der Waals surface area contributed by atoms with Crippen LogP contribution in [-0.2, 0) is 15.8 Å². The van der Waals surface area contributed by atoms with Crippen molar-refractivity contribution < 1.29 is 12.8 Å². The van der Waals surface area contributed by atoms with Crippen LogP contribution < -0.4 is 0 Å². The molecule has 0 N–H and O–H groups in total. The standard InChI is InChI=1S/C13H17FN2O2S/c1-3-4-13(9-15)16(2)19(17,18)10-11-5-7-12(14)8-6-11/h5-8,13H,3-4,10H2,1-2H3/t13-/m1/s1. The molecule has 0 aliphatic heterocycles. The Balaban J connectivity index is 2.86. The molecule has 1 aromatic carbocycles. The first-order valence-electron chi connectivity index (χ1n) is 6.00. The van der Waals surface area contributed by atoms with Crippen LogP contribution in [0, 0.1) is 17.1 Å². The van der Waals surface area contributed by atoms with Crippen LogP contribution in [0.1, 0.15) is 25.3 Å². The molecule has 0 saturated heterocycles. The fraction of sp³-hybridized carbons (Fsp3) is 0.462. The smallest absolute Gasteiger partial charge is 0.212 e. The van der Waals surface area contributed by atoms with Gasteiger partial charge in [0.15, 0.2) is 0 Å². The molecule has 104 valence electrons. The Labute approximate surface area is 113 Å². The summed E-state index contributed by atoms with van der Waals surface area (Å²) in [6.45, 7) is 1.89. The summed E-state index contributed by atoms with van der Waals surface area (Å²) in [6.07, 6.45) is 1.23. The Morgan fingerprint density at radius 1 is 1.37 bits per heavy atom. The van der Waals surface area contributed by atoms with E-state index in [0.29, 0.717) is 12.0 Å². The molecule has 0 spiro atoms. The lowest BCUT2D eigenvalue weighted by atomic mass is 10.2. The van der Waals surface area contributed by atoms with Crippen LogP contribution in [0.4, 0.5) is 4.39 Å². The van der Waals surface area contributed by atoms with Gasteiger partial charge in [-0.05, 0) is 24.1 Å². The average molecular weight is 284 g/mol. The molecule has 0 unspecified atom stereocenters. The second-order valence-electron chi connectivity index (χ2n) is 4.33. The molecule has 0 saturated carbocycles. The van der Waals surface area contributed by atoms with E-state index in [1.54, 1.807) is 0 Å². The van der Waals surface area contributed by atoms with Crippen molar-refractivity contribution in [3.63, 3.8) is 0 Å². The van der Waals surface area contributed by atoms with E-state index in [1.807, 2.05) is 13.0 Å². The van der Waals surface area contributed by atoms with E-state index in [1.165, 1.54) is 31.3 Å². The van der Waals surface area contributed by atoms with Gasteiger partial charge in [-0.15, -0.1) is 0 Å². The molecule has 4 nitrogen and oxygen atoms in total. The Kier molecular flexibility index (Phi) is 5.45. The maximum atomic E-state index is 12.8. The van der Waals surface area contributed by atoms with Crippen molar-refractivity contribution in [1.82, 2.24) is 4.31 Å². The largest absolute Gasteiger partial charge is 0.219 e. The first-order chi connectivity index (χ1) is 8.90. The second-order valence-corrected chi connectivity index (χ2v) is 6.36. The van der Waals surface area contributed by atoms with Crippen LogP contribution in [0.15, 0.2) is 24.3 Å². The predicted octanol–water partition coefficient (Wildman–Crippen LogP) is 2.28. The van der Waals surface area contributed by atoms with E-state index < -0.39 is 21.9 Å². The van der Waals surface area contributed by atoms with E-state index in [9.17, 15) is 12.8 Å². The van der Waals surface area contributed by atoms with Gasteiger partial charge in [0.1, 0.15) is 11.9 Å². The van der Waals surface area contributed by atoms with Gasteiger partial charge in [0.05, 0.1) is 11.8 Å². The first kappa shape index (κ1) is 15.6. The van der Waals surface area contributed by atoms with E-state index in [4.69, 9.17) is 5.26 Å². The normalized spacial score (nSPS) is 13.2. The van der Waals surface area contributed by atoms with E-state index in [-0.39, 0.29) is 5.75 Å². The second kappa shape index (κ2) is 6.64. The molecule has 0 aliphatic rings. The van der Waals surface area contributed by atoms with Gasteiger partial charge in [-0.2, -0.15) is 9.57 Å². The highest BCUT2D eigenvalue weighted by Crippen LogP contribution is 2.15. The highest BCUT2D eigenvalue weighted by molar-refractivity contribution is 7.88. The third-order valence-electron chi connectivity index (χ3n) is 2.85. The third kappa shape index (κ3) is 4.30. The number of hydrogen-bond acceptors (Lipinski definition) is 3. The average Bonchev–Trinajstić information content (AvgIpc) is 2.37. The number of nitriles is 1. The van der Waals surface area contributed by atoms with Crippen LogP contribution in [0.25, 0.3) is 0 Å². The van der Waals surface area contributed by atoms with Crippen molar-refractivity contribution in [1.29, 1.82) is 5.26 Å². The highest BCUT2D eigenvalue weighted by Gasteiger charge is 2.25. The van der Waals surface area contributed by atoms with Crippen LogP contribution in [0.5, 0.6) is 0 Å².